The molecule has 0 aliphatic carbocycles. The monoisotopic (exact) mass is 246 g/mol. The maximum absolute atomic E-state index is 8.48. The number of ether oxygens (including phenoxy) is 1. The van der Waals surface area contributed by atoms with Gasteiger partial charge in [-0.2, -0.15) is 10.4 Å². The van der Waals surface area contributed by atoms with Gasteiger partial charge in [-0.15, -0.1) is 12.4 Å². The summed E-state index contributed by atoms with van der Waals surface area (Å²) in [7, 11) is 0. The molecular formula is C9H15ClN4O2. The first kappa shape index (κ1) is 14.7. The van der Waals surface area contributed by atoms with E-state index in [1.165, 1.54) is 0 Å². The third-order valence-corrected chi connectivity index (χ3v) is 1.71. The SMILES string of the molecule is Cl.N#CCNc1cnn(CCOCCO)c1. The summed E-state index contributed by atoms with van der Waals surface area (Å²) in [5, 5.41) is 23.8. The Morgan fingerprint density at radius 2 is 2.38 bits per heavy atom. The number of halogens is 1. The van der Waals surface area contributed by atoms with Crippen LogP contribution in [0.25, 0.3) is 0 Å². The van der Waals surface area contributed by atoms with Crippen molar-refractivity contribution in [2.75, 3.05) is 31.7 Å². The molecule has 0 amide bonds. The first-order chi connectivity index (χ1) is 7.36. The topological polar surface area (TPSA) is 83.1 Å². The molecule has 0 aromatic carbocycles. The van der Waals surface area contributed by atoms with Crippen molar-refractivity contribution in [2.45, 2.75) is 6.54 Å². The van der Waals surface area contributed by atoms with E-state index >= 15 is 0 Å². The fraction of sp³-hybridized carbons (Fsp3) is 0.556. The Morgan fingerprint density at radius 3 is 3.06 bits per heavy atom. The van der Waals surface area contributed by atoms with Crippen molar-refractivity contribution in [3.63, 3.8) is 0 Å². The van der Waals surface area contributed by atoms with Gasteiger partial charge in [0.25, 0.3) is 0 Å². The predicted molar refractivity (Wildman–Crippen MR) is 61.5 cm³/mol. The van der Waals surface area contributed by atoms with Gasteiger partial charge in [-0.1, -0.05) is 0 Å². The highest BCUT2D eigenvalue weighted by atomic mass is 35.5. The minimum atomic E-state index is 0. The van der Waals surface area contributed by atoms with Crippen LogP contribution in [0.5, 0.6) is 0 Å². The highest BCUT2D eigenvalue weighted by molar-refractivity contribution is 5.85. The predicted octanol–water partition coefficient (Wildman–Crippen LogP) is 0.249. The van der Waals surface area contributed by atoms with Crippen molar-refractivity contribution < 1.29 is 9.84 Å². The summed E-state index contributed by atoms with van der Waals surface area (Å²) < 4.78 is 6.81. The lowest BCUT2D eigenvalue weighted by molar-refractivity contribution is 0.0854. The maximum Gasteiger partial charge on any atom is 0.103 e. The van der Waals surface area contributed by atoms with Crippen LogP contribution in [-0.2, 0) is 11.3 Å². The van der Waals surface area contributed by atoms with Gasteiger partial charge < -0.3 is 15.2 Å². The van der Waals surface area contributed by atoms with Crippen LogP contribution >= 0.6 is 12.4 Å². The number of nitrogens with zero attached hydrogens (tertiary/aromatic N) is 3. The zero-order valence-electron chi connectivity index (χ0n) is 8.80. The van der Waals surface area contributed by atoms with Gasteiger partial charge in [0, 0.05) is 6.20 Å². The number of aromatic nitrogens is 2. The van der Waals surface area contributed by atoms with E-state index in [4.69, 9.17) is 15.1 Å². The van der Waals surface area contributed by atoms with E-state index in [-0.39, 0.29) is 25.6 Å². The Hall–Kier alpha value is -1.29. The van der Waals surface area contributed by atoms with Gasteiger partial charge in [0.1, 0.15) is 6.54 Å². The summed E-state index contributed by atoms with van der Waals surface area (Å²) in [5.74, 6) is 0. The van der Waals surface area contributed by atoms with E-state index < -0.39 is 0 Å². The van der Waals surface area contributed by atoms with Crippen LogP contribution in [0.2, 0.25) is 0 Å². The minimum absolute atomic E-state index is 0. The summed E-state index contributed by atoms with van der Waals surface area (Å²) >= 11 is 0. The van der Waals surface area contributed by atoms with E-state index in [2.05, 4.69) is 10.4 Å². The van der Waals surface area contributed by atoms with Crippen LogP contribution < -0.4 is 5.32 Å². The fourth-order valence-corrected chi connectivity index (χ4v) is 1.04. The van der Waals surface area contributed by atoms with E-state index in [9.17, 15) is 0 Å². The highest BCUT2D eigenvalue weighted by Gasteiger charge is 1.96. The first-order valence-corrected chi connectivity index (χ1v) is 4.68. The molecular weight excluding hydrogens is 232 g/mol. The molecule has 16 heavy (non-hydrogen) atoms. The standard InChI is InChI=1S/C9H14N4O2.ClH/c10-1-2-11-9-7-12-13(8-9)3-5-15-6-4-14;/h7-8,11,14H,2-6H2;1H. The Balaban J connectivity index is 0.00000225. The Bertz CT molecular complexity index is 324. The van der Waals surface area contributed by atoms with Crippen molar-refractivity contribution in [1.82, 2.24) is 9.78 Å². The fourth-order valence-electron chi connectivity index (χ4n) is 1.04. The molecule has 0 unspecified atom stereocenters. The number of anilines is 1. The average Bonchev–Trinajstić information content (AvgIpc) is 2.69. The molecule has 6 nitrogen and oxygen atoms in total. The van der Waals surface area contributed by atoms with Gasteiger partial charge in [-0.25, -0.2) is 0 Å². The summed E-state index contributed by atoms with van der Waals surface area (Å²) in [6, 6.07) is 1.98. The Labute approximate surface area is 100 Å². The minimum Gasteiger partial charge on any atom is -0.394 e. The van der Waals surface area contributed by atoms with Crippen molar-refractivity contribution in [3.8, 4) is 6.07 Å². The molecule has 0 bridgehead atoms. The second-order valence-corrected chi connectivity index (χ2v) is 2.84. The summed E-state index contributed by atoms with van der Waals surface area (Å²) in [6.45, 7) is 1.80. The Morgan fingerprint density at radius 1 is 1.56 bits per heavy atom. The number of nitrogens with one attached hydrogen (secondary N) is 1. The van der Waals surface area contributed by atoms with Gasteiger partial charge in [0.15, 0.2) is 0 Å². The molecule has 1 rings (SSSR count). The summed E-state index contributed by atoms with van der Waals surface area (Å²) in [4.78, 5) is 0. The van der Waals surface area contributed by atoms with Gasteiger partial charge in [0.2, 0.25) is 0 Å². The second-order valence-electron chi connectivity index (χ2n) is 2.84. The number of aliphatic hydroxyl groups is 1. The molecule has 0 fully saturated rings. The lowest BCUT2D eigenvalue weighted by Gasteiger charge is -2.01. The van der Waals surface area contributed by atoms with E-state index in [0.717, 1.165) is 5.69 Å². The van der Waals surface area contributed by atoms with Crippen LogP contribution in [0, 0.1) is 11.3 Å². The van der Waals surface area contributed by atoms with Crippen molar-refractivity contribution in [2.24, 2.45) is 0 Å². The first-order valence-electron chi connectivity index (χ1n) is 4.68. The van der Waals surface area contributed by atoms with E-state index in [1.807, 2.05) is 6.07 Å². The van der Waals surface area contributed by atoms with Crippen LogP contribution in [-0.4, -0.2) is 41.3 Å². The lowest BCUT2D eigenvalue weighted by Crippen LogP contribution is -2.08. The van der Waals surface area contributed by atoms with E-state index in [1.54, 1.807) is 17.1 Å². The number of hydrogen-bond donors (Lipinski definition) is 2. The smallest absolute Gasteiger partial charge is 0.103 e. The maximum atomic E-state index is 8.48. The lowest BCUT2D eigenvalue weighted by atomic mass is 10.5. The van der Waals surface area contributed by atoms with E-state index in [0.29, 0.717) is 19.8 Å². The highest BCUT2D eigenvalue weighted by Crippen LogP contribution is 2.03. The molecule has 1 aromatic heterocycles. The second kappa shape index (κ2) is 8.97. The quantitative estimate of drug-likeness (QED) is 0.532. The molecule has 0 saturated heterocycles. The normalized spacial score (nSPS) is 9.25. The van der Waals surface area contributed by atoms with Crippen LogP contribution in [0.15, 0.2) is 12.4 Å². The third kappa shape index (κ3) is 5.56. The van der Waals surface area contributed by atoms with Crippen molar-refractivity contribution in [3.05, 3.63) is 12.4 Å². The van der Waals surface area contributed by atoms with Crippen molar-refractivity contribution in [1.29, 1.82) is 5.26 Å². The number of aliphatic hydroxyl groups excluding tert-OH is 1. The molecule has 7 heteroatoms. The number of nitriles is 1. The van der Waals surface area contributed by atoms with Gasteiger partial charge in [-0.3, -0.25) is 4.68 Å². The molecule has 0 aliphatic heterocycles. The van der Waals surface area contributed by atoms with Gasteiger partial charge >= 0.3 is 0 Å². The molecule has 0 spiro atoms. The molecule has 1 heterocycles. The molecule has 0 saturated carbocycles. The molecule has 2 N–H and O–H groups in total. The zero-order chi connectivity index (χ0) is 10.9. The van der Waals surface area contributed by atoms with Crippen LogP contribution in [0.1, 0.15) is 0 Å². The molecule has 1 aromatic rings. The third-order valence-electron chi connectivity index (χ3n) is 1.71. The molecule has 0 aliphatic rings. The Kier molecular flexibility index (Phi) is 8.25. The number of rotatable bonds is 7. The zero-order valence-corrected chi connectivity index (χ0v) is 9.61. The molecule has 0 atom stereocenters. The average molecular weight is 247 g/mol. The summed E-state index contributed by atoms with van der Waals surface area (Å²) in [6.07, 6.45) is 3.46. The molecule has 0 radical (unpaired) electrons. The van der Waals surface area contributed by atoms with Crippen LogP contribution in [0.4, 0.5) is 5.69 Å². The van der Waals surface area contributed by atoms with Crippen molar-refractivity contribution >= 4 is 18.1 Å². The summed E-state index contributed by atoms with van der Waals surface area (Å²) in [5.41, 5.74) is 0.818. The number of hydrogen-bond acceptors (Lipinski definition) is 5. The van der Waals surface area contributed by atoms with Crippen LogP contribution in [0.3, 0.4) is 0 Å². The largest absolute Gasteiger partial charge is 0.394 e. The molecule has 90 valence electrons. The van der Waals surface area contributed by atoms with Gasteiger partial charge in [-0.05, 0) is 0 Å². The van der Waals surface area contributed by atoms with Gasteiger partial charge in [0.05, 0.1) is 44.3 Å².